The number of carbonyl (C=O) groups is 2. The van der Waals surface area contributed by atoms with Gasteiger partial charge in [0.25, 0.3) is 5.91 Å². The second-order valence-electron chi connectivity index (χ2n) is 4.15. The number of rotatable bonds is 6. The van der Waals surface area contributed by atoms with E-state index >= 15 is 0 Å². The standard InChI is InChI=1S/C13H14N4O4S2/c1-22-11-9(12(23-2)16-6-15-11)17-10(18)8-4-3-7(21-8)5-14-13(19)20/h3-4,6,14H,5H2,1-2H3,(H,17,18)(H,19,20). The average Bonchev–Trinajstić information content (AvgIpc) is 3.02. The number of thioether (sulfide) groups is 2. The van der Waals surface area contributed by atoms with E-state index in [1.807, 2.05) is 12.5 Å². The van der Waals surface area contributed by atoms with Crippen LogP contribution < -0.4 is 10.6 Å². The number of amides is 2. The number of hydrogen-bond acceptors (Lipinski definition) is 7. The van der Waals surface area contributed by atoms with Gasteiger partial charge in [-0.2, -0.15) is 0 Å². The highest BCUT2D eigenvalue weighted by atomic mass is 32.2. The summed E-state index contributed by atoms with van der Waals surface area (Å²) in [4.78, 5) is 31.0. The van der Waals surface area contributed by atoms with Crippen LogP contribution in [0.4, 0.5) is 10.5 Å². The summed E-state index contributed by atoms with van der Waals surface area (Å²) in [5.74, 6) is -0.0286. The Kier molecular flexibility index (Phi) is 5.88. The SMILES string of the molecule is CSc1ncnc(SC)c1NC(=O)c1ccc(CNC(=O)O)o1. The van der Waals surface area contributed by atoms with E-state index < -0.39 is 12.0 Å². The monoisotopic (exact) mass is 354 g/mol. The number of nitrogens with one attached hydrogen (secondary N) is 2. The Morgan fingerprint density at radius 2 is 1.87 bits per heavy atom. The van der Waals surface area contributed by atoms with Gasteiger partial charge in [-0.3, -0.25) is 4.79 Å². The van der Waals surface area contributed by atoms with E-state index in [1.165, 1.54) is 42.0 Å². The van der Waals surface area contributed by atoms with Gasteiger partial charge in [-0.25, -0.2) is 14.8 Å². The third-order valence-corrected chi connectivity index (χ3v) is 4.09. The lowest BCUT2D eigenvalue weighted by molar-refractivity contribution is 0.0994. The third kappa shape index (κ3) is 4.39. The molecular formula is C13H14N4O4S2. The van der Waals surface area contributed by atoms with Crippen molar-refractivity contribution in [2.75, 3.05) is 17.8 Å². The fourth-order valence-electron chi connectivity index (χ4n) is 1.70. The molecule has 23 heavy (non-hydrogen) atoms. The van der Waals surface area contributed by atoms with Crippen LogP contribution in [0.1, 0.15) is 16.3 Å². The quantitative estimate of drug-likeness (QED) is 0.535. The molecule has 2 aromatic rings. The molecule has 0 bridgehead atoms. The van der Waals surface area contributed by atoms with Crippen molar-refractivity contribution < 1.29 is 19.1 Å². The fraction of sp³-hybridized carbons (Fsp3) is 0.231. The van der Waals surface area contributed by atoms with Crippen molar-refractivity contribution in [3.05, 3.63) is 30.0 Å². The Labute approximate surface area is 140 Å². The van der Waals surface area contributed by atoms with E-state index in [2.05, 4.69) is 20.6 Å². The molecule has 122 valence electrons. The summed E-state index contributed by atoms with van der Waals surface area (Å²) in [6.07, 6.45) is 3.98. The summed E-state index contributed by atoms with van der Waals surface area (Å²) in [6.45, 7) is -0.0107. The number of furan rings is 1. The van der Waals surface area contributed by atoms with E-state index in [0.717, 1.165) is 0 Å². The predicted octanol–water partition coefficient (Wildman–Crippen LogP) is 2.53. The molecule has 0 atom stereocenters. The summed E-state index contributed by atoms with van der Waals surface area (Å²) in [7, 11) is 0. The molecule has 10 heteroatoms. The fourth-order valence-corrected chi connectivity index (χ4v) is 2.78. The Balaban J connectivity index is 2.15. The molecule has 0 fully saturated rings. The molecule has 0 spiro atoms. The highest BCUT2D eigenvalue weighted by Gasteiger charge is 2.17. The lowest BCUT2D eigenvalue weighted by atomic mass is 10.4. The summed E-state index contributed by atoms with van der Waals surface area (Å²) in [5.41, 5.74) is 0.527. The first-order valence-electron chi connectivity index (χ1n) is 6.35. The van der Waals surface area contributed by atoms with Crippen LogP contribution in [-0.2, 0) is 6.54 Å². The van der Waals surface area contributed by atoms with Gasteiger partial charge in [-0.15, -0.1) is 23.5 Å². The van der Waals surface area contributed by atoms with Crippen LogP contribution in [0.2, 0.25) is 0 Å². The van der Waals surface area contributed by atoms with E-state index in [4.69, 9.17) is 9.52 Å². The van der Waals surface area contributed by atoms with E-state index in [1.54, 1.807) is 0 Å². The van der Waals surface area contributed by atoms with Gasteiger partial charge in [0.2, 0.25) is 0 Å². The highest BCUT2D eigenvalue weighted by molar-refractivity contribution is 7.99. The van der Waals surface area contributed by atoms with Crippen LogP contribution in [0.3, 0.4) is 0 Å². The summed E-state index contributed by atoms with van der Waals surface area (Å²) in [6, 6.07) is 3.02. The van der Waals surface area contributed by atoms with Crippen LogP contribution in [0, 0.1) is 0 Å². The van der Waals surface area contributed by atoms with Crippen molar-refractivity contribution in [3.63, 3.8) is 0 Å². The highest BCUT2D eigenvalue weighted by Crippen LogP contribution is 2.30. The van der Waals surface area contributed by atoms with Crippen molar-refractivity contribution in [3.8, 4) is 0 Å². The van der Waals surface area contributed by atoms with Crippen molar-refractivity contribution in [1.29, 1.82) is 0 Å². The molecule has 0 radical (unpaired) electrons. The molecule has 2 aromatic heterocycles. The van der Waals surface area contributed by atoms with Gasteiger partial charge in [0, 0.05) is 0 Å². The summed E-state index contributed by atoms with van der Waals surface area (Å²) in [5, 5.41) is 14.8. The molecule has 0 unspecified atom stereocenters. The molecule has 2 amide bonds. The number of carboxylic acid groups (broad SMARTS) is 1. The maximum absolute atomic E-state index is 12.3. The lowest BCUT2D eigenvalue weighted by Crippen LogP contribution is -2.19. The third-order valence-electron chi connectivity index (χ3n) is 2.70. The minimum absolute atomic E-state index is 0.0107. The normalized spacial score (nSPS) is 10.3. The lowest BCUT2D eigenvalue weighted by Gasteiger charge is -2.10. The Morgan fingerprint density at radius 3 is 2.43 bits per heavy atom. The van der Waals surface area contributed by atoms with Crippen LogP contribution in [0.5, 0.6) is 0 Å². The number of carbonyl (C=O) groups excluding carboxylic acids is 1. The minimum atomic E-state index is -1.16. The maximum atomic E-state index is 12.3. The second-order valence-corrected chi connectivity index (χ2v) is 5.74. The van der Waals surface area contributed by atoms with Gasteiger partial charge < -0.3 is 20.2 Å². The summed E-state index contributed by atoms with van der Waals surface area (Å²) < 4.78 is 5.32. The number of nitrogens with zero attached hydrogens (tertiary/aromatic N) is 2. The molecular weight excluding hydrogens is 340 g/mol. The van der Waals surface area contributed by atoms with E-state index in [9.17, 15) is 9.59 Å². The van der Waals surface area contributed by atoms with Gasteiger partial charge in [-0.05, 0) is 24.6 Å². The Morgan fingerprint density at radius 1 is 1.22 bits per heavy atom. The molecule has 0 saturated heterocycles. The molecule has 0 aliphatic heterocycles. The first kappa shape index (κ1) is 17.2. The van der Waals surface area contributed by atoms with Crippen LogP contribution in [-0.4, -0.2) is 39.6 Å². The van der Waals surface area contributed by atoms with Gasteiger partial charge in [0.15, 0.2) is 5.76 Å². The zero-order chi connectivity index (χ0) is 16.8. The van der Waals surface area contributed by atoms with Gasteiger partial charge in [-0.1, -0.05) is 0 Å². The topological polar surface area (TPSA) is 117 Å². The van der Waals surface area contributed by atoms with Gasteiger partial charge in [0.1, 0.15) is 27.8 Å². The zero-order valence-electron chi connectivity index (χ0n) is 12.3. The summed E-state index contributed by atoms with van der Waals surface area (Å²) >= 11 is 2.79. The first-order valence-corrected chi connectivity index (χ1v) is 8.80. The van der Waals surface area contributed by atoms with Crippen molar-refractivity contribution >= 4 is 41.2 Å². The molecule has 8 nitrogen and oxygen atoms in total. The second kappa shape index (κ2) is 7.88. The molecule has 2 heterocycles. The molecule has 2 rings (SSSR count). The minimum Gasteiger partial charge on any atom is -0.465 e. The van der Waals surface area contributed by atoms with Crippen LogP contribution in [0.15, 0.2) is 32.9 Å². The number of aromatic nitrogens is 2. The molecule has 0 aromatic carbocycles. The van der Waals surface area contributed by atoms with Crippen LogP contribution in [0.25, 0.3) is 0 Å². The molecule has 0 aliphatic rings. The molecule has 0 aliphatic carbocycles. The number of anilines is 1. The van der Waals surface area contributed by atoms with E-state index in [-0.39, 0.29) is 12.3 Å². The number of hydrogen-bond donors (Lipinski definition) is 3. The average molecular weight is 354 g/mol. The van der Waals surface area contributed by atoms with Crippen LogP contribution >= 0.6 is 23.5 Å². The van der Waals surface area contributed by atoms with Crippen molar-refractivity contribution in [2.45, 2.75) is 16.6 Å². The molecule has 3 N–H and O–H groups in total. The Hall–Kier alpha value is -2.20. The van der Waals surface area contributed by atoms with Gasteiger partial charge >= 0.3 is 6.09 Å². The largest absolute Gasteiger partial charge is 0.465 e. The molecule has 0 saturated carbocycles. The van der Waals surface area contributed by atoms with Crippen molar-refractivity contribution in [2.24, 2.45) is 0 Å². The predicted molar refractivity (Wildman–Crippen MR) is 87.1 cm³/mol. The van der Waals surface area contributed by atoms with Crippen molar-refractivity contribution in [1.82, 2.24) is 15.3 Å². The Bertz CT molecular complexity index is 698. The van der Waals surface area contributed by atoms with Gasteiger partial charge in [0.05, 0.1) is 6.54 Å². The zero-order valence-corrected chi connectivity index (χ0v) is 14.0. The maximum Gasteiger partial charge on any atom is 0.405 e. The first-order chi connectivity index (χ1) is 11.0. The van der Waals surface area contributed by atoms with E-state index in [0.29, 0.717) is 21.5 Å². The smallest absolute Gasteiger partial charge is 0.405 e.